The van der Waals surface area contributed by atoms with Crippen molar-refractivity contribution in [1.82, 2.24) is 14.6 Å². The van der Waals surface area contributed by atoms with Crippen molar-refractivity contribution in [1.29, 1.82) is 0 Å². The molecule has 0 aliphatic heterocycles. The third-order valence-corrected chi connectivity index (χ3v) is 4.23. The highest BCUT2D eigenvalue weighted by molar-refractivity contribution is 5.68. The van der Waals surface area contributed by atoms with Gasteiger partial charge in [-0.15, -0.1) is 0 Å². The van der Waals surface area contributed by atoms with Crippen molar-refractivity contribution in [3.8, 4) is 0 Å². The van der Waals surface area contributed by atoms with Gasteiger partial charge in [-0.3, -0.25) is 0 Å². The van der Waals surface area contributed by atoms with Crippen LogP contribution in [-0.4, -0.2) is 21.1 Å². The first kappa shape index (κ1) is 12.5. The average molecular weight is 258 g/mol. The molecule has 0 saturated heterocycles. The van der Waals surface area contributed by atoms with Gasteiger partial charge in [0, 0.05) is 18.9 Å². The van der Waals surface area contributed by atoms with Crippen molar-refractivity contribution in [3.05, 3.63) is 24.2 Å². The minimum absolute atomic E-state index is 0.440. The lowest BCUT2D eigenvalue weighted by molar-refractivity contribution is 0.573. The maximum Gasteiger partial charge on any atom is 0.152 e. The van der Waals surface area contributed by atoms with Crippen LogP contribution in [0.1, 0.15) is 45.7 Å². The summed E-state index contributed by atoms with van der Waals surface area (Å²) in [7, 11) is 0. The topological polar surface area (TPSA) is 42.2 Å². The summed E-state index contributed by atoms with van der Waals surface area (Å²) < 4.78 is 1.92. The van der Waals surface area contributed by atoms with Crippen LogP contribution in [0, 0.1) is 11.3 Å². The van der Waals surface area contributed by atoms with Crippen molar-refractivity contribution >= 4 is 11.3 Å². The van der Waals surface area contributed by atoms with Crippen LogP contribution in [0.5, 0.6) is 0 Å². The molecule has 2 aromatic heterocycles. The predicted octanol–water partition coefficient (Wildman–Crippen LogP) is 3.31. The summed E-state index contributed by atoms with van der Waals surface area (Å²) in [6.07, 6.45) is 5.03. The highest BCUT2D eigenvalue weighted by Gasteiger charge is 2.45. The third kappa shape index (κ3) is 2.31. The molecule has 102 valence electrons. The maximum absolute atomic E-state index is 4.58. The van der Waals surface area contributed by atoms with Crippen LogP contribution in [0.4, 0.5) is 5.82 Å². The molecule has 4 heteroatoms. The zero-order valence-corrected chi connectivity index (χ0v) is 12.1. The third-order valence-electron chi connectivity index (χ3n) is 4.23. The summed E-state index contributed by atoms with van der Waals surface area (Å²) in [6.45, 7) is 9.97. The predicted molar refractivity (Wildman–Crippen MR) is 77.5 cm³/mol. The summed E-state index contributed by atoms with van der Waals surface area (Å²) in [5.74, 6) is 2.15. The number of hydrogen-bond acceptors (Lipinski definition) is 3. The van der Waals surface area contributed by atoms with Crippen LogP contribution in [0.25, 0.3) is 5.52 Å². The molecule has 0 spiro atoms. The molecular weight excluding hydrogens is 236 g/mol. The second kappa shape index (κ2) is 4.22. The molecule has 19 heavy (non-hydrogen) atoms. The van der Waals surface area contributed by atoms with Gasteiger partial charge in [0.2, 0.25) is 0 Å². The number of anilines is 1. The Morgan fingerprint density at radius 1 is 1.47 bits per heavy atom. The standard InChI is InChI=1S/C15H22N4/c1-10(2)12-7-13-14(16-5-6-19(13)18-12)17-9-11-8-15(11,3)4/h5-7,10-11H,8-9H2,1-4H3,(H,16,17). The second-order valence-corrected chi connectivity index (χ2v) is 6.60. The molecule has 1 N–H and O–H groups in total. The molecule has 1 fully saturated rings. The van der Waals surface area contributed by atoms with Gasteiger partial charge in [-0.25, -0.2) is 9.50 Å². The van der Waals surface area contributed by atoms with Gasteiger partial charge in [0.15, 0.2) is 5.82 Å². The molecule has 0 bridgehead atoms. The minimum Gasteiger partial charge on any atom is -0.368 e. The molecule has 4 nitrogen and oxygen atoms in total. The minimum atomic E-state index is 0.440. The van der Waals surface area contributed by atoms with Gasteiger partial charge >= 0.3 is 0 Å². The number of aromatic nitrogens is 3. The van der Waals surface area contributed by atoms with Gasteiger partial charge in [0.25, 0.3) is 0 Å². The van der Waals surface area contributed by atoms with Crippen molar-refractivity contribution in [2.75, 3.05) is 11.9 Å². The fourth-order valence-corrected chi connectivity index (χ4v) is 2.50. The summed E-state index contributed by atoms with van der Waals surface area (Å²) in [5, 5.41) is 8.07. The quantitative estimate of drug-likeness (QED) is 0.914. The average Bonchev–Trinajstić information content (AvgIpc) is 2.77. The van der Waals surface area contributed by atoms with E-state index in [9.17, 15) is 0 Å². The van der Waals surface area contributed by atoms with Crippen LogP contribution in [-0.2, 0) is 0 Å². The van der Waals surface area contributed by atoms with Crippen LogP contribution in [0.3, 0.4) is 0 Å². The first-order chi connectivity index (χ1) is 8.97. The Morgan fingerprint density at radius 2 is 2.21 bits per heavy atom. The number of rotatable bonds is 4. The lowest BCUT2D eigenvalue weighted by Crippen LogP contribution is -2.09. The zero-order chi connectivity index (χ0) is 13.6. The van der Waals surface area contributed by atoms with E-state index in [0.717, 1.165) is 29.5 Å². The lowest BCUT2D eigenvalue weighted by atomic mass is 10.1. The monoisotopic (exact) mass is 258 g/mol. The second-order valence-electron chi connectivity index (χ2n) is 6.60. The van der Waals surface area contributed by atoms with E-state index in [-0.39, 0.29) is 0 Å². The van der Waals surface area contributed by atoms with E-state index in [1.807, 2.05) is 16.9 Å². The molecule has 0 aromatic carbocycles. The molecule has 0 radical (unpaired) electrons. The molecule has 2 heterocycles. The van der Waals surface area contributed by atoms with Crippen molar-refractivity contribution < 1.29 is 0 Å². The number of hydrogen-bond donors (Lipinski definition) is 1. The van der Waals surface area contributed by atoms with Gasteiger partial charge in [0.05, 0.1) is 5.69 Å². The fraction of sp³-hybridized carbons (Fsp3) is 0.600. The van der Waals surface area contributed by atoms with E-state index >= 15 is 0 Å². The summed E-state index contributed by atoms with van der Waals surface area (Å²) in [6, 6.07) is 2.14. The molecule has 1 unspecified atom stereocenters. The SMILES string of the molecule is CC(C)c1cc2c(NCC3CC3(C)C)nccn2n1. The van der Waals surface area contributed by atoms with Crippen molar-refractivity contribution in [2.24, 2.45) is 11.3 Å². The van der Waals surface area contributed by atoms with E-state index < -0.39 is 0 Å². The molecule has 1 aliphatic rings. The van der Waals surface area contributed by atoms with Crippen molar-refractivity contribution in [3.63, 3.8) is 0 Å². The highest BCUT2D eigenvalue weighted by atomic mass is 15.2. The Bertz CT molecular complexity index is 597. The number of nitrogens with zero attached hydrogens (tertiary/aromatic N) is 3. The summed E-state index contributed by atoms with van der Waals surface area (Å²) in [4.78, 5) is 4.46. The molecule has 2 aromatic rings. The Kier molecular flexibility index (Phi) is 2.77. The van der Waals surface area contributed by atoms with E-state index in [0.29, 0.717) is 11.3 Å². The number of fused-ring (bicyclic) bond motifs is 1. The largest absolute Gasteiger partial charge is 0.368 e. The Hall–Kier alpha value is -1.58. The smallest absolute Gasteiger partial charge is 0.152 e. The Balaban J connectivity index is 1.82. The molecule has 1 atom stereocenters. The van der Waals surface area contributed by atoms with Gasteiger partial charge in [-0.2, -0.15) is 5.10 Å². The van der Waals surface area contributed by atoms with Gasteiger partial charge in [-0.05, 0) is 29.7 Å². The van der Waals surface area contributed by atoms with Crippen LogP contribution >= 0.6 is 0 Å². The maximum atomic E-state index is 4.58. The van der Waals surface area contributed by atoms with E-state index in [4.69, 9.17) is 0 Å². The van der Waals surface area contributed by atoms with Gasteiger partial charge < -0.3 is 5.32 Å². The molecule has 3 rings (SSSR count). The molecule has 0 amide bonds. The molecular formula is C15H22N4. The van der Waals surface area contributed by atoms with Crippen LogP contribution in [0.2, 0.25) is 0 Å². The lowest BCUT2D eigenvalue weighted by Gasteiger charge is -2.07. The molecule has 1 aliphatic carbocycles. The Morgan fingerprint density at radius 3 is 2.84 bits per heavy atom. The van der Waals surface area contributed by atoms with Crippen molar-refractivity contribution in [2.45, 2.75) is 40.0 Å². The molecule has 1 saturated carbocycles. The normalized spacial score (nSPS) is 21.0. The zero-order valence-electron chi connectivity index (χ0n) is 12.1. The Labute approximate surface area is 114 Å². The summed E-state index contributed by atoms with van der Waals surface area (Å²) in [5.41, 5.74) is 2.69. The first-order valence-corrected chi connectivity index (χ1v) is 7.05. The fourth-order valence-electron chi connectivity index (χ4n) is 2.50. The van der Waals surface area contributed by atoms with Crippen LogP contribution in [0.15, 0.2) is 18.5 Å². The van der Waals surface area contributed by atoms with E-state index in [1.165, 1.54) is 6.42 Å². The van der Waals surface area contributed by atoms with E-state index in [1.54, 1.807) is 0 Å². The number of nitrogens with one attached hydrogen (secondary N) is 1. The van der Waals surface area contributed by atoms with Crippen LogP contribution < -0.4 is 5.32 Å². The highest BCUT2D eigenvalue weighted by Crippen LogP contribution is 2.51. The first-order valence-electron chi connectivity index (χ1n) is 7.05. The van der Waals surface area contributed by atoms with Gasteiger partial charge in [0.1, 0.15) is 5.52 Å². The van der Waals surface area contributed by atoms with Gasteiger partial charge in [-0.1, -0.05) is 27.7 Å². The summed E-state index contributed by atoms with van der Waals surface area (Å²) >= 11 is 0. The van der Waals surface area contributed by atoms with E-state index in [2.05, 4.69) is 49.2 Å².